The van der Waals surface area contributed by atoms with Crippen LogP contribution in [0.3, 0.4) is 0 Å². The molecule has 0 heterocycles. The Morgan fingerprint density at radius 2 is 1.67 bits per heavy atom. The van der Waals surface area contributed by atoms with Gasteiger partial charge < -0.3 is 14.3 Å². The van der Waals surface area contributed by atoms with E-state index in [0.29, 0.717) is 17.1 Å². The first kappa shape index (κ1) is 20.1. The molecule has 9 heteroatoms. The summed E-state index contributed by atoms with van der Waals surface area (Å²) in [5, 5.41) is 10.6. The second-order valence-corrected chi connectivity index (χ2v) is 5.96. The molecule has 0 aliphatic heterocycles. The van der Waals surface area contributed by atoms with Gasteiger partial charge in [-0.05, 0) is 23.3 Å². The van der Waals surface area contributed by atoms with Crippen LogP contribution in [0.4, 0.5) is 5.69 Å². The molecule has 0 saturated heterocycles. The Hall–Kier alpha value is -3.20. The molecule has 0 saturated carbocycles. The molecule has 0 amide bonds. The molecule has 0 fully saturated rings. The molecular weight excluding hydrogens is 372 g/mol. The van der Waals surface area contributed by atoms with Crippen molar-refractivity contribution in [1.82, 2.24) is 5.48 Å². The normalized spacial score (nSPS) is 10.0. The van der Waals surface area contributed by atoms with Crippen molar-refractivity contribution < 1.29 is 24.0 Å². The van der Waals surface area contributed by atoms with Crippen LogP contribution >= 0.6 is 12.2 Å². The molecule has 0 unspecified atom stereocenters. The van der Waals surface area contributed by atoms with E-state index in [9.17, 15) is 14.9 Å². The zero-order valence-corrected chi connectivity index (χ0v) is 15.6. The van der Waals surface area contributed by atoms with Gasteiger partial charge in [-0.15, -0.1) is 0 Å². The number of hydroxylamine groups is 1. The average Bonchev–Trinajstić information content (AvgIpc) is 2.66. The number of carbonyl (C=O) groups is 1. The Morgan fingerprint density at radius 3 is 2.26 bits per heavy atom. The van der Waals surface area contributed by atoms with Gasteiger partial charge in [0.05, 0.1) is 25.6 Å². The summed E-state index contributed by atoms with van der Waals surface area (Å²) in [7, 11) is 3.04. The van der Waals surface area contributed by atoms with Gasteiger partial charge in [0.2, 0.25) is 0 Å². The van der Waals surface area contributed by atoms with Crippen molar-refractivity contribution in [3.8, 4) is 11.5 Å². The van der Waals surface area contributed by atoms with E-state index in [0.717, 1.165) is 5.56 Å². The summed E-state index contributed by atoms with van der Waals surface area (Å²) in [6, 6.07) is 11.1. The number of benzene rings is 2. The number of nitrogens with zero attached hydrogens (tertiary/aromatic N) is 1. The highest BCUT2D eigenvalue weighted by atomic mass is 32.1. The van der Waals surface area contributed by atoms with E-state index in [-0.39, 0.29) is 23.5 Å². The van der Waals surface area contributed by atoms with Gasteiger partial charge in [-0.25, -0.2) is 10.3 Å². The third-order valence-corrected chi connectivity index (χ3v) is 3.81. The molecule has 0 spiro atoms. The maximum absolute atomic E-state index is 12.0. The van der Waals surface area contributed by atoms with Gasteiger partial charge in [0.1, 0.15) is 4.99 Å². The zero-order chi connectivity index (χ0) is 19.8. The van der Waals surface area contributed by atoms with Crippen LogP contribution < -0.4 is 15.0 Å². The standard InChI is InChI=1S/C18H18N2O6S/c1-24-15-8-5-13(9-16(15)25-2)11-18(21)26-19-17(27)10-12-3-6-14(7-4-12)20(22)23/h3-9H,10-11H2,1-2H3,(H,19,27). The molecule has 0 radical (unpaired) electrons. The predicted octanol–water partition coefficient (Wildman–Crippen LogP) is 2.77. The minimum Gasteiger partial charge on any atom is -0.493 e. The maximum atomic E-state index is 12.0. The molecule has 8 nitrogen and oxygen atoms in total. The van der Waals surface area contributed by atoms with Gasteiger partial charge in [0.15, 0.2) is 11.5 Å². The highest BCUT2D eigenvalue weighted by molar-refractivity contribution is 7.80. The summed E-state index contributed by atoms with van der Waals surface area (Å²) in [5.41, 5.74) is 3.88. The third-order valence-electron chi connectivity index (χ3n) is 3.59. The Labute approximate surface area is 161 Å². The number of rotatable bonds is 7. The Kier molecular flexibility index (Phi) is 7.07. The lowest BCUT2D eigenvalue weighted by molar-refractivity contribution is -0.384. The molecular formula is C18H18N2O6S. The van der Waals surface area contributed by atoms with E-state index < -0.39 is 10.9 Å². The van der Waals surface area contributed by atoms with Gasteiger partial charge in [0.25, 0.3) is 5.69 Å². The lowest BCUT2D eigenvalue weighted by Crippen LogP contribution is -2.27. The molecule has 2 rings (SSSR count). The van der Waals surface area contributed by atoms with Gasteiger partial charge in [-0.3, -0.25) is 10.1 Å². The van der Waals surface area contributed by atoms with Gasteiger partial charge in [-0.2, -0.15) is 0 Å². The van der Waals surface area contributed by atoms with E-state index in [1.807, 2.05) is 0 Å². The van der Waals surface area contributed by atoms with Crippen molar-refractivity contribution in [2.75, 3.05) is 14.2 Å². The van der Waals surface area contributed by atoms with Crippen molar-refractivity contribution in [1.29, 1.82) is 0 Å². The van der Waals surface area contributed by atoms with Crippen LogP contribution in [0.5, 0.6) is 11.5 Å². The van der Waals surface area contributed by atoms with Gasteiger partial charge in [0, 0.05) is 18.6 Å². The lowest BCUT2D eigenvalue weighted by Gasteiger charge is -2.10. The quantitative estimate of drug-likeness (QED) is 0.438. The summed E-state index contributed by atoms with van der Waals surface area (Å²) in [6.45, 7) is 0. The van der Waals surface area contributed by atoms with Gasteiger partial charge in [-0.1, -0.05) is 30.4 Å². The van der Waals surface area contributed by atoms with Crippen LogP contribution in [0.2, 0.25) is 0 Å². The number of ether oxygens (including phenoxy) is 2. The molecule has 0 aliphatic carbocycles. The van der Waals surface area contributed by atoms with Crippen LogP contribution in [0, 0.1) is 10.1 Å². The monoisotopic (exact) mass is 390 g/mol. The fourth-order valence-electron chi connectivity index (χ4n) is 2.26. The van der Waals surface area contributed by atoms with Crippen LogP contribution in [0.15, 0.2) is 42.5 Å². The van der Waals surface area contributed by atoms with Crippen LogP contribution in [-0.4, -0.2) is 30.1 Å². The average molecular weight is 390 g/mol. The topological polar surface area (TPSA) is 99.9 Å². The number of hydrogen-bond acceptors (Lipinski definition) is 7. The number of nitro benzene ring substituents is 1. The first-order valence-electron chi connectivity index (χ1n) is 7.85. The lowest BCUT2D eigenvalue weighted by atomic mass is 10.1. The highest BCUT2D eigenvalue weighted by Gasteiger charge is 2.11. The second-order valence-electron chi connectivity index (χ2n) is 5.47. The number of nitro groups is 1. The summed E-state index contributed by atoms with van der Waals surface area (Å²) >= 11 is 5.12. The van der Waals surface area contributed by atoms with E-state index in [1.54, 1.807) is 30.3 Å². The summed E-state index contributed by atoms with van der Waals surface area (Å²) in [5.74, 6) is 0.565. The fraction of sp³-hybridized carbons (Fsp3) is 0.222. The molecule has 0 aromatic heterocycles. The largest absolute Gasteiger partial charge is 0.493 e. The Morgan fingerprint density at radius 1 is 1.04 bits per heavy atom. The predicted molar refractivity (Wildman–Crippen MR) is 102 cm³/mol. The van der Waals surface area contributed by atoms with Crippen LogP contribution in [0.1, 0.15) is 11.1 Å². The number of hydrogen-bond donors (Lipinski definition) is 1. The number of thiocarbonyl (C=S) groups is 1. The Balaban J connectivity index is 1.84. The second kappa shape index (κ2) is 9.48. The number of methoxy groups -OCH3 is 2. The third kappa shape index (κ3) is 5.93. The van der Waals surface area contributed by atoms with Crippen molar-refractivity contribution >= 4 is 28.9 Å². The van der Waals surface area contributed by atoms with Crippen molar-refractivity contribution in [2.45, 2.75) is 12.8 Å². The van der Waals surface area contributed by atoms with E-state index in [2.05, 4.69) is 5.48 Å². The first-order chi connectivity index (χ1) is 12.9. The van der Waals surface area contributed by atoms with Gasteiger partial charge >= 0.3 is 5.97 Å². The SMILES string of the molecule is COc1ccc(CC(=O)ONC(=S)Cc2ccc([N+](=O)[O-])cc2)cc1OC. The molecule has 27 heavy (non-hydrogen) atoms. The summed E-state index contributed by atoms with van der Waals surface area (Å²) in [6.07, 6.45) is 0.310. The van der Waals surface area contributed by atoms with Crippen molar-refractivity contribution in [3.63, 3.8) is 0 Å². The van der Waals surface area contributed by atoms with Crippen molar-refractivity contribution in [2.24, 2.45) is 0 Å². The minimum atomic E-state index is -0.520. The summed E-state index contributed by atoms with van der Waals surface area (Å²) in [4.78, 5) is 27.4. The van der Waals surface area contributed by atoms with E-state index in [4.69, 9.17) is 26.5 Å². The highest BCUT2D eigenvalue weighted by Crippen LogP contribution is 2.27. The molecule has 2 aromatic carbocycles. The molecule has 2 aromatic rings. The van der Waals surface area contributed by atoms with E-state index in [1.165, 1.54) is 26.4 Å². The number of carbonyl (C=O) groups excluding carboxylic acids is 1. The minimum absolute atomic E-state index is 0.000949. The number of non-ortho nitro benzene ring substituents is 1. The van der Waals surface area contributed by atoms with Crippen LogP contribution in [-0.2, 0) is 22.5 Å². The van der Waals surface area contributed by atoms with Crippen LogP contribution in [0.25, 0.3) is 0 Å². The number of nitrogens with one attached hydrogen (secondary N) is 1. The molecule has 0 aliphatic rings. The first-order valence-corrected chi connectivity index (χ1v) is 8.26. The molecule has 1 N–H and O–H groups in total. The van der Waals surface area contributed by atoms with Crippen molar-refractivity contribution in [3.05, 3.63) is 63.7 Å². The smallest absolute Gasteiger partial charge is 0.336 e. The molecule has 142 valence electrons. The molecule has 0 bridgehead atoms. The molecule has 0 atom stereocenters. The Bertz CT molecular complexity index is 838. The maximum Gasteiger partial charge on any atom is 0.336 e. The summed E-state index contributed by atoms with van der Waals surface area (Å²) < 4.78 is 10.3. The van der Waals surface area contributed by atoms with E-state index >= 15 is 0 Å². The zero-order valence-electron chi connectivity index (χ0n) is 14.8. The fourth-order valence-corrected chi connectivity index (χ4v) is 2.47.